The molecule has 4 rings (SSSR count). The first-order valence-corrected chi connectivity index (χ1v) is 10.4. The lowest BCUT2D eigenvalue weighted by Gasteiger charge is -2.14. The normalized spacial score (nSPS) is 16.6. The molecule has 9 heteroatoms. The molecule has 1 saturated heterocycles. The number of hydrogen-bond donors (Lipinski definition) is 1. The van der Waals surface area contributed by atoms with Crippen molar-refractivity contribution in [2.24, 2.45) is 0 Å². The van der Waals surface area contributed by atoms with Crippen molar-refractivity contribution in [2.45, 2.75) is 38.0 Å². The summed E-state index contributed by atoms with van der Waals surface area (Å²) in [5, 5.41) is 8.27. The third kappa shape index (κ3) is 4.16. The van der Waals surface area contributed by atoms with Crippen LogP contribution in [0.25, 0.3) is 5.69 Å². The van der Waals surface area contributed by atoms with Gasteiger partial charge in [-0.2, -0.15) is 5.10 Å². The molecular weight excluding hydrogens is 415 g/mol. The molecule has 2 heterocycles. The van der Waals surface area contributed by atoms with E-state index in [1.165, 1.54) is 4.90 Å². The summed E-state index contributed by atoms with van der Waals surface area (Å²) < 4.78 is 1.72. The second kappa shape index (κ2) is 8.16. The van der Waals surface area contributed by atoms with Gasteiger partial charge in [-0.15, -0.1) is 0 Å². The molecule has 1 aliphatic carbocycles. The summed E-state index contributed by atoms with van der Waals surface area (Å²) in [6.45, 7) is 0.694. The molecule has 1 aromatic heterocycles. The van der Waals surface area contributed by atoms with E-state index in [4.69, 9.17) is 23.2 Å². The highest BCUT2D eigenvalue weighted by Crippen LogP contribution is 2.43. The quantitative estimate of drug-likeness (QED) is 0.534. The standard InChI is InChI=1S/C20H20Cl2N4O3/c21-13-4-5-16(15(22)10-13)26-19(12-2-3-12)14(11-24-26)20(29)23-8-1-9-25-17(27)6-7-18(25)28/h4-5,10-12H,1-3,6-9H2,(H,23,29). The van der Waals surface area contributed by atoms with Crippen LogP contribution in [0.5, 0.6) is 0 Å². The van der Waals surface area contributed by atoms with Gasteiger partial charge in [-0.1, -0.05) is 23.2 Å². The SMILES string of the molecule is O=C(NCCCN1C(=O)CCC1=O)c1cnn(-c2ccc(Cl)cc2Cl)c1C1CC1. The van der Waals surface area contributed by atoms with Crippen molar-refractivity contribution in [2.75, 3.05) is 13.1 Å². The van der Waals surface area contributed by atoms with E-state index >= 15 is 0 Å². The maximum absolute atomic E-state index is 12.7. The number of benzene rings is 1. The van der Waals surface area contributed by atoms with Crippen LogP contribution in [0.1, 0.15) is 54.1 Å². The number of hydrogen-bond acceptors (Lipinski definition) is 4. The zero-order chi connectivity index (χ0) is 20.5. The molecule has 0 radical (unpaired) electrons. The predicted molar refractivity (Wildman–Crippen MR) is 108 cm³/mol. The third-order valence-corrected chi connectivity index (χ3v) is 5.69. The molecule has 2 aromatic rings. The molecule has 0 bridgehead atoms. The largest absolute Gasteiger partial charge is 0.352 e. The summed E-state index contributed by atoms with van der Waals surface area (Å²) in [5.74, 6) is -0.232. The first kappa shape index (κ1) is 19.9. The summed E-state index contributed by atoms with van der Waals surface area (Å²) >= 11 is 12.3. The maximum atomic E-state index is 12.7. The van der Waals surface area contributed by atoms with Crippen molar-refractivity contribution >= 4 is 40.9 Å². The number of rotatable bonds is 7. The molecule has 0 unspecified atom stereocenters. The van der Waals surface area contributed by atoms with Gasteiger partial charge in [0, 0.05) is 36.9 Å². The zero-order valence-corrected chi connectivity index (χ0v) is 17.2. The highest BCUT2D eigenvalue weighted by Gasteiger charge is 2.33. The second-order valence-corrected chi connectivity index (χ2v) is 8.12. The Morgan fingerprint density at radius 3 is 2.55 bits per heavy atom. The molecule has 152 valence electrons. The van der Waals surface area contributed by atoms with Gasteiger partial charge in [-0.3, -0.25) is 19.3 Å². The fourth-order valence-corrected chi connectivity index (χ4v) is 4.02. The van der Waals surface area contributed by atoms with Crippen LogP contribution in [0, 0.1) is 0 Å². The number of amides is 3. The van der Waals surface area contributed by atoms with Crippen LogP contribution in [-0.2, 0) is 9.59 Å². The number of aromatic nitrogens is 2. The Morgan fingerprint density at radius 2 is 1.90 bits per heavy atom. The van der Waals surface area contributed by atoms with Crippen LogP contribution in [-0.4, -0.2) is 45.5 Å². The Labute approximate surface area is 177 Å². The van der Waals surface area contributed by atoms with E-state index in [0.29, 0.717) is 40.8 Å². The van der Waals surface area contributed by atoms with Crippen molar-refractivity contribution in [3.05, 3.63) is 45.7 Å². The monoisotopic (exact) mass is 434 g/mol. The van der Waals surface area contributed by atoms with Gasteiger partial charge >= 0.3 is 0 Å². The van der Waals surface area contributed by atoms with Crippen LogP contribution < -0.4 is 5.32 Å². The lowest BCUT2D eigenvalue weighted by atomic mass is 10.1. The fourth-order valence-electron chi connectivity index (χ4n) is 3.53. The minimum atomic E-state index is -0.220. The minimum Gasteiger partial charge on any atom is -0.352 e. The number of nitrogens with one attached hydrogen (secondary N) is 1. The first-order valence-electron chi connectivity index (χ1n) is 9.60. The van der Waals surface area contributed by atoms with E-state index in [0.717, 1.165) is 18.5 Å². The predicted octanol–water partition coefficient (Wildman–Crippen LogP) is 3.33. The first-order chi connectivity index (χ1) is 14.0. The molecule has 0 atom stereocenters. The number of carbonyl (C=O) groups is 3. The Hall–Kier alpha value is -2.38. The molecule has 2 fully saturated rings. The van der Waals surface area contributed by atoms with Gasteiger partial charge in [0.2, 0.25) is 11.8 Å². The van der Waals surface area contributed by atoms with Gasteiger partial charge in [0.15, 0.2) is 0 Å². The average Bonchev–Trinajstić information content (AvgIpc) is 3.35. The van der Waals surface area contributed by atoms with Crippen LogP contribution in [0.2, 0.25) is 10.0 Å². The lowest BCUT2D eigenvalue weighted by Crippen LogP contribution is -2.33. The third-order valence-electron chi connectivity index (χ3n) is 5.15. The molecule has 2 aliphatic rings. The van der Waals surface area contributed by atoms with Gasteiger partial charge in [0.05, 0.1) is 28.2 Å². The highest BCUT2D eigenvalue weighted by atomic mass is 35.5. The molecule has 3 amide bonds. The number of carbonyl (C=O) groups excluding carboxylic acids is 3. The van der Waals surface area contributed by atoms with Crippen molar-refractivity contribution in [3.63, 3.8) is 0 Å². The van der Waals surface area contributed by atoms with E-state index in [1.54, 1.807) is 29.1 Å². The summed E-state index contributed by atoms with van der Waals surface area (Å²) in [6, 6.07) is 5.18. The van der Waals surface area contributed by atoms with Crippen LogP contribution in [0.3, 0.4) is 0 Å². The van der Waals surface area contributed by atoms with Crippen molar-refractivity contribution in [1.29, 1.82) is 0 Å². The Bertz CT molecular complexity index is 968. The maximum Gasteiger partial charge on any atom is 0.254 e. The van der Waals surface area contributed by atoms with Crippen LogP contribution in [0.4, 0.5) is 0 Å². The van der Waals surface area contributed by atoms with Crippen LogP contribution >= 0.6 is 23.2 Å². The summed E-state index contributed by atoms with van der Waals surface area (Å²) in [7, 11) is 0. The highest BCUT2D eigenvalue weighted by molar-refractivity contribution is 6.35. The smallest absolute Gasteiger partial charge is 0.254 e. The Morgan fingerprint density at radius 1 is 1.17 bits per heavy atom. The fraction of sp³-hybridized carbons (Fsp3) is 0.400. The van der Waals surface area contributed by atoms with Gasteiger partial charge in [-0.05, 0) is 37.5 Å². The van der Waals surface area contributed by atoms with Gasteiger partial charge in [0.1, 0.15) is 0 Å². The molecule has 29 heavy (non-hydrogen) atoms. The molecule has 1 saturated carbocycles. The number of halogens is 2. The Kier molecular flexibility index (Phi) is 5.61. The average molecular weight is 435 g/mol. The summed E-state index contributed by atoms with van der Waals surface area (Å²) in [4.78, 5) is 37.3. The Balaban J connectivity index is 1.44. The van der Waals surface area contributed by atoms with Crippen LogP contribution in [0.15, 0.2) is 24.4 Å². The number of nitrogens with zero attached hydrogens (tertiary/aromatic N) is 3. The van der Waals surface area contributed by atoms with Gasteiger partial charge in [0.25, 0.3) is 5.91 Å². The molecule has 0 spiro atoms. The lowest BCUT2D eigenvalue weighted by molar-refractivity contribution is -0.138. The topological polar surface area (TPSA) is 84.3 Å². The molecule has 1 N–H and O–H groups in total. The molecular formula is C20H20Cl2N4O3. The van der Waals surface area contributed by atoms with Gasteiger partial charge in [-0.25, -0.2) is 4.68 Å². The van der Waals surface area contributed by atoms with Crippen molar-refractivity contribution in [3.8, 4) is 5.69 Å². The van der Waals surface area contributed by atoms with E-state index in [2.05, 4.69) is 10.4 Å². The number of imide groups is 1. The summed E-state index contributed by atoms with van der Waals surface area (Å²) in [5.41, 5.74) is 2.05. The van der Waals surface area contributed by atoms with E-state index < -0.39 is 0 Å². The van der Waals surface area contributed by atoms with E-state index in [-0.39, 0.29) is 36.5 Å². The van der Waals surface area contributed by atoms with Gasteiger partial charge < -0.3 is 5.32 Å². The van der Waals surface area contributed by atoms with E-state index in [1.807, 2.05) is 0 Å². The van der Waals surface area contributed by atoms with Crippen molar-refractivity contribution < 1.29 is 14.4 Å². The zero-order valence-electron chi connectivity index (χ0n) is 15.7. The molecule has 1 aliphatic heterocycles. The van der Waals surface area contributed by atoms with E-state index in [9.17, 15) is 14.4 Å². The number of likely N-dealkylation sites (tertiary alicyclic amines) is 1. The second-order valence-electron chi connectivity index (χ2n) is 7.27. The van der Waals surface area contributed by atoms with Crippen molar-refractivity contribution in [1.82, 2.24) is 20.0 Å². The minimum absolute atomic E-state index is 0.140. The molecule has 7 nitrogen and oxygen atoms in total. The molecule has 1 aromatic carbocycles. The summed E-state index contributed by atoms with van der Waals surface area (Å²) in [6.07, 6.45) is 4.62.